The van der Waals surface area contributed by atoms with Crippen molar-refractivity contribution in [3.63, 3.8) is 0 Å². The molecule has 0 saturated carbocycles. The molecule has 1 aromatic heterocycles. The summed E-state index contributed by atoms with van der Waals surface area (Å²) in [6.07, 6.45) is -6.13. The Hall–Kier alpha value is -1.83. The Morgan fingerprint density at radius 1 is 1.39 bits per heavy atom. The van der Waals surface area contributed by atoms with Crippen LogP contribution >= 0.6 is 0 Å². The van der Waals surface area contributed by atoms with Gasteiger partial charge in [-0.2, -0.15) is 13.2 Å². The lowest BCUT2D eigenvalue weighted by molar-refractivity contribution is -0.140. The molecule has 100 valence electrons. The van der Waals surface area contributed by atoms with Crippen LogP contribution < -0.4 is 5.56 Å². The normalized spacial score (nSPS) is 13.3. The number of carboxylic acid groups (broad SMARTS) is 1. The van der Waals surface area contributed by atoms with Gasteiger partial charge in [0.25, 0.3) is 5.56 Å². The summed E-state index contributed by atoms with van der Waals surface area (Å²) in [6.45, 7) is -0.505. The van der Waals surface area contributed by atoms with Crippen molar-refractivity contribution in [2.75, 3.05) is 0 Å². The second-order valence-corrected chi connectivity index (χ2v) is 3.66. The first kappa shape index (κ1) is 14.2. The Balaban J connectivity index is 2.95. The van der Waals surface area contributed by atoms with Crippen molar-refractivity contribution in [2.24, 2.45) is 0 Å². The Bertz CT molecular complexity index is 495. The van der Waals surface area contributed by atoms with Crippen molar-refractivity contribution in [2.45, 2.75) is 25.2 Å². The zero-order chi connectivity index (χ0) is 13.9. The maximum Gasteiger partial charge on any atom is 0.417 e. The number of aliphatic carboxylic acids is 1. The van der Waals surface area contributed by atoms with Gasteiger partial charge in [0.1, 0.15) is 0 Å². The smallest absolute Gasteiger partial charge is 0.417 e. The van der Waals surface area contributed by atoms with Gasteiger partial charge < -0.3 is 14.8 Å². The van der Waals surface area contributed by atoms with Crippen molar-refractivity contribution in [1.29, 1.82) is 0 Å². The SMILES string of the molecule is O=C(O)CC(O)Cn1cc(C(F)(F)F)ccc1=O. The van der Waals surface area contributed by atoms with Gasteiger partial charge in [-0.05, 0) is 6.07 Å². The Kier molecular flexibility index (Phi) is 4.12. The molecule has 5 nitrogen and oxygen atoms in total. The van der Waals surface area contributed by atoms with E-state index in [1.54, 1.807) is 0 Å². The molecule has 18 heavy (non-hydrogen) atoms. The maximum atomic E-state index is 12.4. The summed E-state index contributed by atoms with van der Waals surface area (Å²) < 4.78 is 37.8. The molecule has 1 atom stereocenters. The summed E-state index contributed by atoms with van der Waals surface area (Å²) in [5.74, 6) is -1.30. The Morgan fingerprint density at radius 2 is 2.00 bits per heavy atom. The minimum absolute atomic E-state index is 0.505. The molecule has 0 amide bonds. The van der Waals surface area contributed by atoms with E-state index in [0.29, 0.717) is 16.8 Å². The predicted molar refractivity (Wildman–Crippen MR) is 54.0 cm³/mol. The number of hydrogen-bond donors (Lipinski definition) is 2. The van der Waals surface area contributed by atoms with Crippen molar-refractivity contribution < 1.29 is 28.2 Å². The third kappa shape index (κ3) is 3.88. The van der Waals surface area contributed by atoms with E-state index in [-0.39, 0.29) is 0 Å². The summed E-state index contributed by atoms with van der Waals surface area (Å²) in [6, 6.07) is 1.35. The molecule has 1 aromatic rings. The van der Waals surface area contributed by atoms with E-state index < -0.39 is 42.3 Å². The summed E-state index contributed by atoms with van der Waals surface area (Å²) in [7, 11) is 0. The van der Waals surface area contributed by atoms with Gasteiger partial charge in [-0.25, -0.2) is 0 Å². The molecule has 0 bridgehead atoms. The van der Waals surface area contributed by atoms with Crippen LogP contribution in [-0.4, -0.2) is 26.9 Å². The van der Waals surface area contributed by atoms with Crippen LogP contribution in [0.3, 0.4) is 0 Å². The minimum atomic E-state index is -4.60. The number of hydrogen-bond acceptors (Lipinski definition) is 3. The minimum Gasteiger partial charge on any atom is -0.481 e. The molecule has 0 saturated heterocycles. The first-order valence-corrected chi connectivity index (χ1v) is 4.87. The molecule has 0 aromatic carbocycles. The molecule has 1 rings (SSSR count). The number of aliphatic hydroxyl groups is 1. The first-order chi connectivity index (χ1) is 8.20. The highest BCUT2D eigenvalue weighted by molar-refractivity contribution is 5.67. The lowest BCUT2D eigenvalue weighted by Crippen LogP contribution is -2.28. The van der Waals surface area contributed by atoms with Gasteiger partial charge in [0.15, 0.2) is 0 Å². The van der Waals surface area contributed by atoms with Crippen LogP contribution in [0.2, 0.25) is 0 Å². The lowest BCUT2D eigenvalue weighted by Gasteiger charge is -2.13. The van der Waals surface area contributed by atoms with Gasteiger partial charge in [-0.1, -0.05) is 0 Å². The molecular weight excluding hydrogens is 255 g/mol. The number of carboxylic acids is 1. The maximum absolute atomic E-state index is 12.4. The summed E-state index contributed by atoms with van der Waals surface area (Å²) in [4.78, 5) is 21.5. The average molecular weight is 265 g/mol. The van der Waals surface area contributed by atoms with E-state index in [9.17, 15) is 27.9 Å². The molecule has 0 aliphatic heterocycles. The topological polar surface area (TPSA) is 79.5 Å². The van der Waals surface area contributed by atoms with Crippen LogP contribution in [0.1, 0.15) is 12.0 Å². The molecule has 8 heteroatoms. The molecule has 0 radical (unpaired) electrons. The van der Waals surface area contributed by atoms with Gasteiger partial charge in [-0.15, -0.1) is 0 Å². The second-order valence-electron chi connectivity index (χ2n) is 3.66. The molecule has 1 unspecified atom stereocenters. The first-order valence-electron chi connectivity index (χ1n) is 4.87. The van der Waals surface area contributed by atoms with Crippen LogP contribution in [0.15, 0.2) is 23.1 Å². The third-order valence-corrected chi connectivity index (χ3v) is 2.13. The molecule has 1 heterocycles. The van der Waals surface area contributed by atoms with Crippen molar-refractivity contribution >= 4 is 5.97 Å². The van der Waals surface area contributed by atoms with E-state index in [4.69, 9.17) is 5.11 Å². The van der Waals surface area contributed by atoms with Gasteiger partial charge >= 0.3 is 12.1 Å². The molecule has 2 N–H and O–H groups in total. The number of rotatable bonds is 4. The fraction of sp³-hybridized carbons (Fsp3) is 0.400. The highest BCUT2D eigenvalue weighted by Gasteiger charge is 2.31. The molecule has 0 aliphatic carbocycles. The lowest BCUT2D eigenvalue weighted by atomic mass is 10.2. The van der Waals surface area contributed by atoms with E-state index in [2.05, 4.69) is 0 Å². The van der Waals surface area contributed by atoms with Gasteiger partial charge in [-0.3, -0.25) is 9.59 Å². The van der Waals surface area contributed by atoms with Crippen LogP contribution in [0, 0.1) is 0 Å². The second kappa shape index (κ2) is 5.21. The zero-order valence-electron chi connectivity index (χ0n) is 9.02. The zero-order valence-corrected chi connectivity index (χ0v) is 9.02. The van der Waals surface area contributed by atoms with Crippen LogP contribution in [-0.2, 0) is 17.5 Å². The number of alkyl halides is 3. The number of aromatic nitrogens is 1. The molecular formula is C10H10F3NO4. The highest BCUT2D eigenvalue weighted by atomic mass is 19.4. The molecule has 0 fully saturated rings. The number of pyridine rings is 1. The third-order valence-electron chi connectivity index (χ3n) is 2.13. The van der Waals surface area contributed by atoms with Crippen molar-refractivity contribution in [3.8, 4) is 0 Å². The van der Waals surface area contributed by atoms with E-state index in [1.165, 1.54) is 0 Å². The average Bonchev–Trinajstić information content (AvgIpc) is 2.18. The number of nitrogens with zero attached hydrogens (tertiary/aromatic N) is 1. The van der Waals surface area contributed by atoms with E-state index in [0.717, 1.165) is 6.07 Å². The highest BCUT2D eigenvalue weighted by Crippen LogP contribution is 2.28. The number of halogens is 3. The summed E-state index contributed by atoms with van der Waals surface area (Å²) in [5.41, 5.74) is -1.78. The van der Waals surface area contributed by atoms with Crippen molar-refractivity contribution in [3.05, 3.63) is 34.2 Å². The summed E-state index contributed by atoms with van der Waals surface area (Å²) in [5, 5.41) is 17.7. The van der Waals surface area contributed by atoms with Crippen LogP contribution in [0.4, 0.5) is 13.2 Å². The number of aliphatic hydroxyl groups excluding tert-OH is 1. The van der Waals surface area contributed by atoms with Gasteiger partial charge in [0, 0.05) is 12.3 Å². The summed E-state index contributed by atoms with van der Waals surface area (Å²) >= 11 is 0. The van der Waals surface area contributed by atoms with Gasteiger partial charge in [0.05, 0.1) is 24.6 Å². The fourth-order valence-corrected chi connectivity index (χ4v) is 1.33. The van der Waals surface area contributed by atoms with Crippen molar-refractivity contribution in [1.82, 2.24) is 4.57 Å². The van der Waals surface area contributed by atoms with E-state index in [1.807, 2.05) is 0 Å². The van der Waals surface area contributed by atoms with Crippen LogP contribution in [0.5, 0.6) is 0 Å². The standard InChI is InChI=1S/C10H10F3NO4/c11-10(12,13)6-1-2-8(16)14(4-6)5-7(15)3-9(17)18/h1-2,4,7,15H,3,5H2,(H,17,18). The molecule has 0 aliphatic rings. The van der Waals surface area contributed by atoms with Gasteiger partial charge in [0.2, 0.25) is 0 Å². The van der Waals surface area contributed by atoms with Crippen LogP contribution in [0.25, 0.3) is 0 Å². The largest absolute Gasteiger partial charge is 0.481 e. The molecule has 0 spiro atoms. The van der Waals surface area contributed by atoms with E-state index >= 15 is 0 Å². The Morgan fingerprint density at radius 3 is 2.50 bits per heavy atom. The fourth-order valence-electron chi connectivity index (χ4n) is 1.33. The monoisotopic (exact) mass is 265 g/mol. The quantitative estimate of drug-likeness (QED) is 0.840. The Labute approximate surface area is 99.1 Å². The predicted octanol–water partition coefficient (Wildman–Crippen LogP) is 0.703. The number of carbonyl (C=O) groups is 1.